The first-order valence-electron chi connectivity index (χ1n) is 11.3. The maximum Gasteiger partial charge on any atom is 0.416 e. The topological polar surface area (TPSA) is 30.5 Å². The Labute approximate surface area is 225 Å². The van der Waals surface area contributed by atoms with Gasteiger partial charge in [-0.3, -0.25) is 0 Å². The van der Waals surface area contributed by atoms with Crippen molar-refractivity contribution >= 4 is 44.8 Å². The van der Waals surface area contributed by atoms with E-state index < -0.39 is 17.7 Å². The maximum absolute atomic E-state index is 13.9. The van der Waals surface area contributed by atoms with E-state index in [2.05, 4.69) is 21.2 Å². The fourth-order valence-electron chi connectivity index (χ4n) is 5.08. The van der Waals surface area contributed by atoms with Crippen molar-refractivity contribution in [3.63, 3.8) is 0 Å². The quantitative estimate of drug-likeness (QED) is 0.297. The summed E-state index contributed by atoms with van der Waals surface area (Å²) < 4.78 is 53.9. The summed E-state index contributed by atoms with van der Waals surface area (Å²) in [4.78, 5) is 0. The van der Waals surface area contributed by atoms with E-state index in [0.717, 1.165) is 17.2 Å². The van der Waals surface area contributed by atoms with Gasteiger partial charge in [-0.25, -0.2) is 0 Å². The first-order chi connectivity index (χ1) is 17.2. The van der Waals surface area contributed by atoms with Crippen molar-refractivity contribution < 1.29 is 22.6 Å². The van der Waals surface area contributed by atoms with Crippen LogP contribution in [0.4, 0.5) is 18.9 Å². The van der Waals surface area contributed by atoms with Crippen LogP contribution in [0.5, 0.6) is 11.5 Å². The van der Waals surface area contributed by atoms with Gasteiger partial charge in [0.1, 0.15) is 6.61 Å². The Kier molecular flexibility index (Phi) is 6.92. The van der Waals surface area contributed by atoms with Gasteiger partial charge in [-0.15, -0.1) is 0 Å². The summed E-state index contributed by atoms with van der Waals surface area (Å²) in [7, 11) is 1.55. The number of alkyl halides is 3. The third-order valence-electron chi connectivity index (χ3n) is 6.72. The number of hydrogen-bond acceptors (Lipinski definition) is 3. The van der Waals surface area contributed by atoms with Crippen LogP contribution in [-0.4, -0.2) is 7.11 Å². The highest BCUT2D eigenvalue weighted by atomic mass is 79.9. The molecule has 36 heavy (non-hydrogen) atoms. The van der Waals surface area contributed by atoms with Crippen molar-refractivity contribution in [3.8, 4) is 11.5 Å². The second-order valence-electron chi connectivity index (χ2n) is 8.77. The Balaban J connectivity index is 1.52. The zero-order chi connectivity index (χ0) is 25.6. The molecule has 0 saturated carbocycles. The molecule has 1 N–H and O–H groups in total. The van der Waals surface area contributed by atoms with Gasteiger partial charge in [0.15, 0.2) is 11.5 Å². The largest absolute Gasteiger partial charge is 0.493 e. The molecule has 1 heterocycles. The predicted molar refractivity (Wildman–Crippen MR) is 139 cm³/mol. The number of benzene rings is 3. The SMILES string of the molecule is COc1cc([C@@H]2Nc3c(Cl)ccc(C(F)(F)F)c3[C@@H]3C=CC[C@@H]32)cc(Br)c1OCc1ccccc1Cl. The number of rotatable bonds is 5. The molecule has 0 amide bonds. The Morgan fingerprint density at radius 1 is 1.08 bits per heavy atom. The minimum Gasteiger partial charge on any atom is -0.493 e. The standard InChI is InChI=1S/C27H21BrCl2F3NO2/c1-35-22-12-15(11-19(28)26(22)36-13-14-5-2-3-8-20(14)29)24-17-7-4-6-16(17)23-18(27(31,32)33)9-10-21(30)25(23)34-24/h2-6,8-12,16-17,24,34H,7,13H2,1H3/t16-,17+,24+/m1/s1. The maximum atomic E-state index is 13.9. The third-order valence-corrected chi connectivity index (χ3v) is 7.99. The molecule has 0 fully saturated rings. The lowest BCUT2D eigenvalue weighted by atomic mass is 9.75. The Hall–Kier alpha value is -2.35. The number of allylic oxidation sites excluding steroid dienone is 2. The number of nitrogens with one attached hydrogen (secondary N) is 1. The number of methoxy groups -OCH3 is 1. The van der Waals surface area contributed by atoms with Gasteiger partial charge in [0.2, 0.25) is 0 Å². The lowest BCUT2D eigenvalue weighted by molar-refractivity contribution is -0.138. The molecule has 0 radical (unpaired) electrons. The smallest absolute Gasteiger partial charge is 0.416 e. The molecule has 1 aliphatic heterocycles. The summed E-state index contributed by atoms with van der Waals surface area (Å²) in [5.41, 5.74) is 1.55. The highest BCUT2D eigenvalue weighted by Crippen LogP contribution is 2.55. The normalized spacial score (nSPS) is 20.5. The molecule has 3 atom stereocenters. The molecule has 2 aliphatic rings. The van der Waals surface area contributed by atoms with Crippen molar-refractivity contribution in [1.82, 2.24) is 0 Å². The number of anilines is 1. The van der Waals surface area contributed by atoms with E-state index in [-0.39, 0.29) is 29.2 Å². The first-order valence-corrected chi connectivity index (χ1v) is 12.8. The van der Waals surface area contributed by atoms with Crippen LogP contribution in [0.1, 0.15) is 40.6 Å². The van der Waals surface area contributed by atoms with Crippen molar-refractivity contribution in [2.24, 2.45) is 5.92 Å². The molecule has 3 nitrogen and oxygen atoms in total. The molecule has 0 unspecified atom stereocenters. The summed E-state index contributed by atoms with van der Waals surface area (Å²) >= 11 is 16.3. The van der Waals surface area contributed by atoms with Gasteiger partial charge >= 0.3 is 6.18 Å². The Bertz CT molecular complexity index is 1350. The molecule has 3 aromatic rings. The summed E-state index contributed by atoms with van der Waals surface area (Å²) in [6, 6.07) is 13.2. The second kappa shape index (κ2) is 9.84. The van der Waals surface area contributed by atoms with E-state index in [0.29, 0.717) is 33.1 Å². The summed E-state index contributed by atoms with van der Waals surface area (Å²) in [6.07, 6.45) is -0.0445. The van der Waals surface area contributed by atoms with Crippen molar-refractivity contribution in [1.29, 1.82) is 0 Å². The van der Waals surface area contributed by atoms with Gasteiger partial charge in [0.05, 0.1) is 33.9 Å². The Morgan fingerprint density at radius 3 is 2.58 bits per heavy atom. The lowest BCUT2D eigenvalue weighted by Crippen LogP contribution is -2.31. The van der Waals surface area contributed by atoms with Gasteiger partial charge in [-0.2, -0.15) is 13.2 Å². The van der Waals surface area contributed by atoms with Gasteiger partial charge in [-0.1, -0.05) is 53.6 Å². The summed E-state index contributed by atoms with van der Waals surface area (Å²) in [5, 5.41) is 4.18. The van der Waals surface area contributed by atoms with Crippen LogP contribution in [0.15, 0.2) is 65.2 Å². The molecular weight excluding hydrogens is 578 g/mol. The average molecular weight is 599 g/mol. The number of fused-ring (bicyclic) bond motifs is 3. The molecule has 3 aromatic carbocycles. The predicted octanol–water partition coefficient (Wildman–Crippen LogP) is 9.19. The van der Waals surface area contributed by atoms with Crippen LogP contribution in [0, 0.1) is 5.92 Å². The van der Waals surface area contributed by atoms with E-state index in [9.17, 15) is 13.2 Å². The molecule has 9 heteroatoms. The minimum absolute atomic E-state index is 0.122. The van der Waals surface area contributed by atoms with E-state index in [4.69, 9.17) is 32.7 Å². The van der Waals surface area contributed by atoms with Gasteiger partial charge in [0.25, 0.3) is 0 Å². The number of ether oxygens (including phenoxy) is 2. The lowest BCUT2D eigenvalue weighted by Gasteiger charge is -2.39. The zero-order valence-corrected chi connectivity index (χ0v) is 22.1. The molecule has 0 bridgehead atoms. The second-order valence-corrected chi connectivity index (χ2v) is 10.4. The van der Waals surface area contributed by atoms with E-state index in [1.807, 2.05) is 42.5 Å². The molecule has 5 rings (SSSR count). The van der Waals surface area contributed by atoms with Crippen molar-refractivity contribution in [2.45, 2.75) is 31.2 Å². The number of halogens is 6. The van der Waals surface area contributed by atoms with Crippen molar-refractivity contribution in [3.05, 3.63) is 97.5 Å². The Morgan fingerprint density at radius 2 is 1.86 bits per heavy atom. The van der Waals surface area contributed by atoms with Crippen LogP contribution >= 0.6 is 39.1 Å². The molecule has 188 valence electrons. The minimum atomic E-state index is -4.48. The molecular formula is C27H21BrCl2F3NO2. The monoisotopic (exact) mass is 597 g/mol. The zero-order valence-electron chi connectivity index (χ0n) is 19.0. The van der Waals surface area contributed by atoms with Gasteiger partial charge in [0, 0.05) is 16.5 Å². The van der Waals surface area contributed by atoms with Crippen LogP contribution in [0.3, 0.4) is 0 Å². The van der Waals surface area contributed by atoms with Crippen LogP contribution in [0.25, 0.3) is 0 Å². The first kappa shape index (κ1) is 25.3. The summed E-state index contributed by atoms with van der Waals surface area (Å²) in [5.74, 6) is 0.471. The summed E-state index contributed by atoms with van der Waals surface area (Å²) in [6.45, 7) is 0.244. The third kappa shape index (κ3) is 4.57. The average Bonchev–Trinajstić information content (AvgIpc) is 3.33. The van der Waals surface area contributed by atoms with E-state index >= 15 is 0 Å². The molecule has 1 aliphatic carbocycles. The van der Waals surface area contributed by atoms with Gasteiger partial charge in [-0.05, 0) is 69.7 Å². The van der Waals surface area contributed by atoms with Crippen LogP contribution in [0.2, 0.25) is 10.0 Å². The molecule has 0 spiro atoms. The highest BCUT2D eigenvalue weighted by molar-refractivity contribution is 9.10. The van der Waals surface area contributed by atoms with Crippen LogP contribution in [-0.2, 0) is 12.8 Å². The van der Waals surface area contributed by atoms with Crippen LogP contribution < -0.4 is 14.8 Å². The van der Waals surface area contributed by atoms with E-state index in [1.165, 1.54) is 6.07 Å². The van der Waals surface area contributed by atoms with Crippen molar-refractivity contribution in [2.75, 3.05) is 12.4 Å². The molecule has 0 aromatic heterocycles. The fraction of sp³-hybridized carbons (Fsp3) is 0.259. The highest BCUT2D eigenvalue weighted by Gasteiger charge is 2.45. The number of hydrogen-bond donors (Lipinski definition) is 1. The molecule has 0 saturated heterocycles. The van der Waals surface area contributed by atoms with E-state index in [1.54, 1.807) is 13.2 Å². The fourth-order valence-corrected chi connectivity index (χ4v) is 6.06. The van der Waals surface area contributed by atoms with Gasteiger partial charge < -0.3 is 14.8 Å².